The maximum absolute atomic E-state index is 13.1. The molecule has 0 radical (unpaired) electrons. The fourth-order valence-electron chi connectivity index (χ4n) is 4.04. The molecular weight excluding hydrogens is 544 g/mol. The van der Waals surface area contributed by atoms with E-state index in [1.165, 1.54) is 0 Å². The van der Waals surface area contributed by atoms with E-state index in [1.807, 2.05) is 25.7 Å². The molecule has 42 heavy (non-hydrogen) atoms. The van der Waals surface area contributed by atoms with Crippen molar-refractivity contribution in [3.05, 3.63) is 0 Å². The summed E-state index contributed by atoms with van der Waals surface area (Å²) in [5.41, 5.74) is 3.49. The standard InChI is InChI=1S/C29H56N6O7/c1-27(2,3)40-24(37)33-16-11-17-35(26(39)42-29(7,8)9)21-20-34(25(38)41-28(4,5)6)15-10-14-32(18-19-33)22-23(36)31-13-12-30/h10-22,30H2,1-9H3,(H,31,36). The molecule has 3 N–H and O–H groups in total. The molecule has 1 rings (SSSR count). The molecular formula is C29H56N6O7. The molecule has 0 aromatic heterocycles. The molecule has 0 unspecified atom stereocenters. The zero-order chi connectivity index (χ0) is 32.1. The molecule has 1 fully saturated rings. The fraction of sp³-hybridized carbons (Fsp3) is 0.862. The first kappa shape index (κ1) is 37.2. The number of hydrogen-bond acceptors (Lipinski definition) is 9. The summed E-state index contributed by atoms with van der Waals surface area (Å²) >= 11 is 0. The van der Waals surface area contributed by atoms with E-state index in [0.717, 1.165) is 0 Å². The smallest absolute Gasteiger partial charge is 0.410 e. The van der Waals surface area contributed by atoms with Crippen LogP contribution in [0.2, 0.25) is 0 Å². The third-order valence-electron chi connectivity index (χ3n) is 5.87. The number of rotatable bonds is 4. The highest BCUT2D eigenvalue weighted by Gasteiger charge is 2.28. The van der Waals surface area contributed by atoms with Gasteiger partial charge in [0.05, 0.1) is 6.54 Å². The average molecular weight is 601 g/mol. The number of carbonyl (C=O) groups excluding carboxylic acids is 4. The second-order valence-electron chi connectivity index (χ2n) is 13.5. The minimum Gasteiger partial charge on any atom is -0.444 e. The van der Waals surface area contributed by atoms with Crippen LogP contribution in [0.15, 0.2) is 0 Å². The van der Waals surface area contributed by atoms with E-state index in [4.69, 9.17) is 19.9 Å². The predicted molar refractivity (Wildman–Crippen MR) is 161 cm³/mol. The van der Waals surface area contributed by atoms with Crippen LogP contribution in [0.4, 0.5) is 14.4 Å². The van der Waals surface area contributed by atoms with Gasteiger partial charge in [-0.15, -0.1) is 0 Å². The molecule has 0 bridgehead atoms. The molecule has 1 aliphatic heterocycles. The number of nitrogens with two attached hydrogens (primary N) is 1. The Morgan fingerprint density at radius 3 is 1.31 bits per heavy atom. The van der Waals surface area contributed by atoms with Crippen molar-refractivity contribution < 1.29 is 33.4 Å². The van der Waals surface area contributed by atoms with Crippen LogP contribution < -0.4 is 11.1 Å². The molecule has 0 spiro atoms. The number of amides is 4. The van der Waals surface area contributed by atoms with Gasteiger partial charge in [-0.25, -0.2) is 14.4 Å². The van der Waals surface area contributed by atoms with Crippen molar-refractivity contribution in [2.24, 2.45) is 5.73 Å². The summed E-state index contributed by atoms with van der Waals surface area (Å²) < 4.78 is 16.9. The minimum atomic E-state index is -0.691. The summed E-state index contributed by atoms with van der Waals surface area (Å²) in [5.74, 6) is -0.164. The Balaban J connectivity index is 3.24. The van der Waals surface area contributed by atoms with Gasteiger partial charge in [0, 0.05) is 65.4 Å². The third kappa shape index (κ3) is 16.6. The summed E-state index contributed by atoms with van der Waals surface area (Å²) in [7, 11) is 0. The Morgan fingerprint density at radius 2 is 0.952 bits per heavy atom. The number of nitrogens with zero attached hydrogens (tertiary/aromatic N) is 4. The number of hydrogen-bond donors (Lipinski definition) is 2. The van der Waals surface area contributed by atoms with Gasteiger partial charge in [-0.3, -0.25) is 9.69 Å². The lowest BCUT2D eigenvalue weighted by Gasteiger charge is -2.34. The van der Waals surface area contributed by atoms with E-state index in [9.17, 15) is 19.2 Å². The average Bonchev–Trinajstić information content (AvgIpc) is 2.81. The quantitative estimate of drug-likeness (QED) is 0.465. The first-order chi connectivity index (χ1) is 19.3. The van der Waals surface area contributed by atoms with Crippen LogP contribution >= 0.6 is 0 Å². The molecule has 1 heterocycles. The Bertz CT molecular complexity index is 879. The van der Waals surface area contributed by atoms with Gasteiger partial charge in [0.15, 0.2) is 0 Å². The van der Waals surface area contributed by atoms with Gasteiger partial charge >= 0.3 is 18.3 Å². The molecule has 1 aliphatic rings. The largest absolute Gasteiger partial charge is 0.444 e. The van der Waals surface area contributed by atoms with Crippen LogP contribution in [-0.4, -0.2) is 133 Å². The van der Waals surface area contributed by atoms with Crippen LogP contribution in [0.5, 0.6) is 0 Å². The van der Waals surface area contributed by atoms with E-state index in [1.54, 1.807) is 56.2 Å². The van der Waals surface area contributed by atoms with Crippen LogP contribution in [0, 0.1) is 0 Å². The number of ether oxygens (including phenoxy) is 3. The van der Waals surface area contributed by atoms with Crippen molar-refractivity contribution in [2.75, 3.05) is 72.0 Å². The maximum atomic E-state index is 13.1. The highest BCUT2D eigenvalue weighted by molar-refractivity contribution is 5.78. The van der Waals surface area contributed by atoms with Gasteiger partial charge in [-0.1, -0.05) is 0 Å². The van der Waals surface area contributed by atoms with Gasteiger partial charge in [-0.05, 0) is 75.2 Å². The summed E-state index contributed by atoms with van der Waals surface area (Å²) in [6.45, 7) is 19.8. The van der Waals surface area contributed by atoms with Crippen molar-refractivity contribution in [1.29, 1.82) is 0 Å². The second kappa shape index (κ2) is 16.7. The van der Waals surface area contributed by atoms with E-state index in [2.05, 4.69) is 5.32 Å². The Kier molecular flexibility index (Phi) is 14.8. The molecule has 0 aromatic carbocycles. The maximum Gasteiger partial charge on any atom is 0.410 e. The molecule has 0 atom stereocenters. The van der Waals surface area contributed by atoms with Crippen LogP contribution in [0.3, 0.4) is 0 Å². The van der Waals surface area contributed by atoms with Crippen LogP contribution in [0.25, 0.3) is 0 Å². The fourth-order valence-corrected chi connectivity index (χ4v) is 4.04. The van der Waals surface area contributed by atoms with Crippen LogP contribution in [0.1, 0.15) is 75.2 Å². The monoisotopic (exact) mass is 600 g/mol. The normalized spacial score (nSPS) is 17.2. The molecule has 0 aliphatic carbocycles. The van der Waals surface area contributed by atoms with E-state index in [-0.39, 0.29) is 25.5 Å². The molecule has 13 nitrogen and oxygen atoms in total. The highest BCUT2D eigenvalue weighted by Crippen LogP contribution is 2.15. The molecule has 244 valence electrons. The zero-order valence-corrected chi connectivity index (χ0v) is 27.4. The molecule has 4 amide bonds. The topological polar surface area (TPSA) is 147 Å². The lowest BCUT2D eigenvalue weighted by molar-refractivity contribution is -0.122. The third-order valence-corrected chi connectivity index (χ3v) is 5.87. The zero-order valence-electron chi connectivity index (χ0n) is 27.4. The summed E-state index contributed by atoms with van der Waals surface area (Å²) in [6, 6.07) is 0. The number of nitrogens with one attached hydrogen (secondary N) is 1. The predicted octanol–water partition coefficient (Wildman–Crippen LogP) is 2.87. The van der Waals surface area contributed by atoms with Crippen molar-refractivity contribution in [1.82, 2.24) is 24.9 Å². The van der Waals surface area contributed by atoms with Gasteiger partial charge in [0.25, 0.3) is 0 Å². The summed E-state index contributed by atoms with van der Waals surface area (Å²) in [6.07, 6.45) is -0.411. The van der Waals surface area contributed by atoms with Crippen molar-refractivity contribution in [2.45, 2.75) is 92.0 Å². The first-order valence-electron chi connectivity index (χ1n) is 14.9. The summed E-state index contributed by atoms with van der Waals surface area (Å²) in [5, 5.41) is 2.79. The van der Waals surface area contributed by atoms with Crippen molar-refractivity contribution in [3.63, 3.8) is 0 Å². The lowest BCUT2D eigenvalue weighted by Crippen LogP contribution is -2.48. The van der Waals surface area contributed by atoms with Crippen molar-refractivity contribution in [3.8, 4) is 0 Å². The highest BCUT2D eigenvalue weighted by atomic mass is 16.6. The first-order valence-corrected chi connectivity index (χ1v) is 14.9. The summed E-state index contributed by atoms with van der Waals surface area (Å²) in [4.78, 5) is 58.5. The molecule has 1 saturated heterocycles. The van der Waals surface area contributed by atoms with Crippen molar-refractivity contribution >= 4 is 24.2 Å². The Labute approximate surface area is 252 Å². The lowest BCUT2D eigenvalue weighted by atomic mass is 10.2. The van der Waals surface area contributed by atoms with E-state index >= 15 is 0 Å². The van der Waals surface area contributed by atoms with Gasteiger partial charge in [0.2, 0.25) is 5.91 Å². The van der Waals surface area contributed by atoms with Gasteiger partial charge in [0.1, 0.15) is 16.8 Å². The van der Waals surface area contributed by atoms with Crippen LogP contribution in [-0.2, 0) is 19.0 Å². The molecule has 0 aromatic rings. The number of carbonyl (C=O) groups is 4. The Hall–Kier alpha value is -2.80. The second-order valence-corrected chi connectivity index (χ2v) is 13.5. The van der Waals surface area contributed by atoms with E-state index < -0.39 is 35.1 Å². The SMILES string of the molecule is CC(C)(C)OC(=O)N1CCCN(C(=O)OC(C)(C)C)CCN(C(=O)OC(C)(C)C)CCCN(CC(=O)NCCN)CC1. The molecule has 13 heteroatoms. The van der Waals surface area contributed by atoms with Gasteiger partial charge < -0.3 is 40.0 Å². The van der Waals surface area contributed by atoms with Gasteiger partial charge in [-0.2, -0.15) is 0 Å². The molecule has 0 saturated carbocycles. The Morgan fingerprint density at radius 1 is 0.595 bits per heavy atom. The minimum absolute atomic E-state index is 0.126. The van der Waals surface area contributed by atoms with E-state index in [0.29, 0.717) is 65.2 Å².